The first-order valence-electron chi connectivity index (χ1n) is 13.9. The molecule has 2 aliphatic heterocycles. The number of methoxy groups -OCH3 is 1. The van der Waals surface area contributed by atoms with Crippen LogP contribution in [-0.2, 0) is 38.0 Å². The first kappa shape index (κ1) is 31.1. The number of esters is 1. The van der Waals surface area contributed by atoms with E-state index in [2.05, 4.69) is 4.74 Å². The molecular formula is C27H48O9. The van der Waals surface area contributed by atoms with E-state index >= 15 is 0 Å². The average molecular weight is 517 g/mol. The lowest BCUT2D eigenvalue weighted by Gasteiger charge is -2.14. The summed E-state index contributed by atoms with van der Waals surface area (Å²) in [5, 5.41) is 8.73. The molecule has 2 fully saturated rings. The lowest BCUT2D eigenvalue weighted by molar-refractivity contribution is -0.140. The summed E-state index contributed by atoms with van der Waals surface area (Å²) in [6.07, 6.45) is 13.2. The van der Waals surface area contributed by atoms with Gasteiger partial charge in [-0.1, -0.05) is 38.5 Å². The van der Waals surface area contributed by atoms with Gasteiger partial charge in [0.1, 0.15) is 18.0 Å². The topological polar surface area (TPSA) is 110 Å². The van der Waals surface area contributed by atoms with Crippen molar-refractivity contribution in [1.82, 2.24) is 0 Å². The van der Waals surface area contributed by atoms with E-state index < -0.39 is 0 Å². The van der Waals surface area contributed by atoms with E-state index in [-0.39, 0.29) is 49.6 Å². The van der Waals surface area contributed by atoms with Crippen molar-refractivity contribution in [2.75, 3.05) is 40.1 Å². The standard InChI is InChI=1S/C27H48O9/c1-31-25(30)13-9-5-3-7-11-15-27-34-21-24(36-27)19-32-18-23-20-33-26(35-23)14-10-6-2-4-8-12-22(29)16-17-28/h23-24,26-28H,2-21H2,1H3. The van der Waals surface area contributed by atoms with Gasteiger partial charge in [0.05, 0.1) is 33.5 Å². The molecule has 0 radical (unpaired) electrons. The Kier molecular flexibility index (Phi) is 17.2. The lowest BCUT2D eigenvalue weighted by Crippen LogP contribution is -2.25. The number of Topliss-reactive ketones (excluding diaryl/α,β-unsaturated/α-hetero) is 1. The highest BCUT2D eigenvalue weighted by atomic mass is 16.7. The van der Waals surface area contributed by atoms with Crippen molar-refractivity contribution in [2.24, 2.45) is 0 Å². The van der Waals surface area contributed by atoms with Gasteiger partial charge in [0.25, 0.3) is 0 Å². The monoisotopic (exact) mass is 516 g/mol. The molecule has 0 bridgehead atoms. The number of hydrogen-bond donors (Lipinski definition) is 1. The van der Waals surface area contributed by atoms with Crippen LogP contribution in [0, 0.1) is 0 Å². The summed E-state index contributed by atoms with van der Waals surface area (Å²) in [4.78, 5) is 22.5. The van der Waals surface area contributed by atoms with Gasteiger partial charge >= 0.3 is 5.97 Å². The summed E-state index contributed by atoms with van der Waals surface area (Å²) >= 11 is 0. The smallest absolute Gasteiger partial charge is 0.305 e. The van der Waals surface area contributed by atoms with Crippen molar-refractivity contribution in [2.45, 2.75) is 121 Å². The molecule has 210 valence electrons. The van der Waals surface area contributed by atoms with Gasteiger partial charge in [-0.15, -0.1) is 0 Å². The zero-order valence-corrected chi connectivity index (χ0v) is 22.2. The summed E-state index contributed by atoms with van der Waals surface area (Å²) < 4.78 is 33.8. The molecule has 2 aliphatic rings. The summed E-state index contributed by atoms with van der Waals surface area (Å²) in [5.41, 5.74) is 0. The predicted octanol–water partition coefficient (Wildman–Crippen LogP) is 4.07. The fourth-order valence-electron chi connectivity index (χ4n) is 4.45. The fraction of sp³-hybridized carbons (Fsp3) is 0.926. The number of unbranched alkanes of at least 4 members (excludes halogenated alkanes) is 8. The Labute approximate surface area is 216 Å². The van der Waals surface area contributed by atoms with Gasteiger partial charge in [-0.3, -0.25) is 9.59 Å². The SMILES string of the molecule is COC(=O)CCCCCCCC1OCC(COCC2COC(CCCCCCCC(=O)CCO)O2)O1. The molecule has 1 N–H and O–H groups in total. The van der Waals surface area contributed by atoms with E-state index in [0.717, 1.165) is 77.0 Å². The highest BCUT2D eigenvalue weighted by Gasteiger charge is 2.28. The zero-order valence-electron chi connectivity index (χ0n) is 22.2. The molecule has 4 atom stereocenters. The molecule has 0 aromatic rings. The third-order valence-electron chi connectivity index (χ3n) is 6.57. The van der Waals surface area contributed by atoms with Crippen LogP contribution >= 0.6 is 0 Å². The Morgan fingerprint density at radius 3 is 1.75 bits per heavy atom. The number of carbonyl (C=O) groups excluding carboxylic acids is 2. The maximum absolute atomic E-state index is 11.4. The maximum atomic E-state index is 11.4. The van der Waals surface area contributed by atoms with E-state index in [1.807, 2.05) is 0 Å². The van der Waals surface area contributed by atoms with Crippen LogP contribution in [0.1, 0.15) is 96.3 Å². The largest absolute Gasteiger partial charge is 0.469 e. The number of rotatable bonds is 22. The number of aliphatic hydroxyl groups is 1. The van der Waals surface area contributed by atoms with Crippen LogP contribution in [0.25, 0.3) is 0 Å². The molecule has 9 heteroatoms. The van der Waals surface area contributed by atoms with Gasteiger partial charge in [-0.05, 0) is 38.5 Å². The minimum absolute atomic E-state index is 0.0351. The van der Waals surface area contributed by atoms with Gasteiger partial charge in [0.15, 0.2) is 12.6 Å². The first-order chi connectivity index (χ1) is 17.6. The molecule has 0 aromatic carbocycles. The van der Waals surface area contributed by atoms with Gasteiger partial charge in [-0.2, -0.15) is 0 Å². The molecule has 0 spiro atoms. The molecule has 36 heavy (non-hydrogen) atoms. The Hall–Kier alpha value is -1.10. The van der Waals surface area contributed by atoms with Crippen LogP contribution in [-0.4, -0.2) is 81.8 Å². The van der Waals surface area contributed by atoms with E-state index in [4.69, 9.17) is 28.8 Å². The van der Waals surface area contributed by atoms with Gasteiger partial charge < -0.3 is 33.5 Å². The van der Waals surface area contributed by atoms with Crippen molar-refractivity contribution >= 4 is 11.8 Å². The molecule has 2 saturated heterocycles. The lowest BCUT2D eigenvalue weighted by atomic mass is 10.1. The van der Waals surface area contributed by atoms with Crippen LogP contribution in [0.15, 0.2) is 0 Å². The van der Waals surface area contributed by atoms with Crippen molar-refractivity contribution in [3.63, 3.8) is 0 Å². The van der Waals surface area contributed by atoms with Crippen LogP contribution in [0.2, 0.25) is 0 Å². The predicted molar refractivity (Wildman–Crippen MR) is 133 cm³/mol. The molecule has 2 heterocycles. The highest BCUT2D eigenvalue weighted by molar-refractivity contribution is 5.78. The second-order valence-electron chi connectivity index (χ2n) is 9.78. The summed E-state index contributed by atoms with van der Waals surface area (Å²) in [5.74, 6) is 0.0229. The molecule has 0 aromatic heterocycles. The molecule has 0 aliphatic carbocycles. The summed E-state index contributed by atoms with van der Waals surface area (Å²) in [6, 6.07) is 0. The Morgan fingerprint density at radius 1 is 0.722 bits per heavy atom. The molecule has 0 saturated carbocycles. The van der Waals surface area contributed by atoms with E-state index in [1.165, 1.54) is 7.11 Å². The van der Waals surface area contributed by atoms with Crippen LogP contribution in [0.5, 0.6) is 0 Å². The number of ketones is 1. The number of ether oxygens (including phenoxy) is 6. The van der Waals surface area contributed by atoms with Gasteiger partial charge in [-0.25, -0.2) is 0 Å². The zero-order chi connectivity index (χ0) is 25.8. The Morgan fingerprint density at radius 2 is 1.22 bits per heavy atom. The van der Waals surface area contributed by atoms with Crippen LogP contribution < -0.4 is 0 Å². The normalized spacial score (nSPS) is 23.8. The van der Waals surface area contributed by atoms with Crippen molar-refractivity contribution in [1.29, 1.82) is 0 Å². The van der Waals surface area contributed by atoms with Gasteiger partial charge in [0, 0.05) is 25.9 Å². The van der Waals surface area contributed by atoms with E-state index in [9.17, 15) is 9.59 Å². The third kappa shape index (κ3) is 14.6. The molecular weight excluding hydrogens is 468 g/mol. The number of aliphatic hydroxyl groups excluding tert-OH is 1. The fourth-order valence-corrected chi connectivity index (χ4v) is 4.45. The Balaban J connectivity index is 1.37. The van der Waals surface area contributed by atoms with Gasteiger partial charge in [0.2, 0.25) is 0 Å². The summed E-state index contributed by atoms with van der Waals surface area (Å²) in [6.45, 7) is 2.06. The molecule has 4 unspecified atom stereocenters. The average Bonchev–Trinajstić information content (AvgIpc) is 3.52. The first-order valence-corrected chi connectivity index (χ1v) is 13.9. The minimum Gasteiger partial charge on any atom is -0.469 e. The molecule has 0 amide bonds. The van der Waals surface area contributed by atoms with Crippen LogP contribution in [0.3, 0.4) is 0 Å². The van der Waals surface area contributed by atoms with Crippen molar-refractivity contribution in [3.8, 4) is 0 Å². The van der Waals surface area contributed by atoms with Crippen molar-refractivity contribution < 1.29 is 43.1 Å². The molecule has 2 rings (SSSR count). The van der Waals surface area contributed by atoms with Crippen molar-refractivity contribution in [3.05, 3.63) is 0 Å². The molecule has 9 nitrogen and oxygen atoms in total. The quantitative estimate of drug-likeness (QED) is 0.168. The number of carbonyl (C=O) groups is 2. The minimum atomic E-state index is -0.152. The Bertz CT molecular complexity index is 586. The van der Waals surface area contributed by atoms with E-state index in [1.54, 1.807) is 0 Å². The van der Waals surface area contributed by atoms with E-state index in [0.29, 0.717) is 39.3 Å². The highest BCUT2D eigenvalue weighted by Crippen LogP contribution is 2.21. The second-order valence-corrected chi connectivity index (χ2v) is 9.78. The second kappa shape index (κ2) is 19.9. The number of hydrogen-bond acceptors (Lipinski definition) is 9. The summed E-state index contributed by atoms with van der Waals surface area (Å²) in [7, 11) is 1.43. The third-order valence-corrected chi connectivity index (χ3v) is 6.57. The maximum Gasteiger partial charge on any atom is 0.305 e. The van der Waals surface area contributed by atoms with Crippen LogP contribution in [0.4, 0.5) is 0 Å².